The number of aliphatic carboxylic acids is 1. The highest BCUT2D eigenvalue weighted by Crippen LogP contribution is 2.34. The molecule has 120 valence electrons. The van der Waals surface area contributed by atoms with Crippen LogP contribution in [0.3, 0.4) is 0 Å². The average Bonchev–Trinajstić information content (AvgIpc) is 2.50. The highest BCUT2D eigenvalue weighted by molar-refractivity contribution is 6.42. The fourth-order valence-electron chi connectivity index (χ4n) is 2.04. The van der Waals surface area contributed by atoms with E-state index in [1.165, 1.54) is 6.07 Å². The van der Waals surface area contributed by atoms with Crippen molar-refractivity contribution in [2.45, 2.75) is 12.5 Å². The molecule has 6 nitrogen and oxygen atoms in total. The van der Waals surface area contributed by atoms with Gasteiger partial charge in [0.25, 0.3) is 5.69 Å². The van der Waals surface area contributed by atoms with Crippen molar-refractivity contribution in [3.8, 4) is 0 Å². The van der Waals surface area contributed by atoms with Gasteiger partial charge in [0, 0.05) is 12.5 Å². The number of carbonyl (C=O) groups is 1. The minimum Gasteiger partial charge on any atom is -0.480 e. The van der Waals surface area contributed by atoms with Gasteiger partial charge in [-0.05, 0) is 11.6 Å². The van der Waals surface area contributed by atoms with E-state index in [9.17, 15) is 20.0 Å². The Labute approximate surface area is 141 Å². The summed E-state index contributed by atoms with van der Waals surface area (Å²) in [4.78, 5) is 21.9. The second-order valence-corrected chi connectivity index (χ2v) is 5.58. The summed E-state index contributed by atoms with van der Waals surface area (Å²) in [5, 5.41) is 23.3. The lowest BCUT2D eigenvalue weighted by molar-refractivity contribution is -0.384. The number of hydrogen-bond acceptors (Lipinski definition) is 4. The molecule has 2 aromatic rings. The molecular formula is C15H12Cl2N2O4. The third-order valence-corrected chi connectivity index (χ3v) is 3.87. The molecule has 0 aliphatic rings. The molecule has 2 N–H and O–H groups in total. The van der Waals surface area contributed by atoms with Crippen LogP contribution in [0.25, 0.3) is 0 Å². The molecule has 0 aliphatic heterocycles. The van der Waals surface area contributed by atoms with Gasteiger partial charge in [0.05, 0.1) is 15.0 Å². The zero-order chi connectivity index (χ0) is 17.0. The quantitative estimate of drug-likeness (QED) is 0.603. The van der Waals surface area contributed by atoms with Crippen LogP contribution in [0, 0.1) is 10.1 Å². The number of carboxylic acid groups (broad SMARTS) is 1. The van der Waals surface area contributed by atoms with Gasteiger partial charge in [0.2, 0.25) is 0 Å². The maximum atomic E-state index is 11.4. The molecule has 1 atom stereocenters. The second kappa shape index (κ2) is 7.30. The van der Waals surface area contributed by atoms with E-state index in [-0.39, 0.29) is 27.8 Å². The zero-order valence-electron chi connectivity index (χ0n) is 11.7. The number of rotatable bonds is 6. The average molecular weight is 355 g/mol. The van der Waals surface area contributed by atoms with Crippen molar-refractivity contribution in [1.29, 1.82) is 0 Å². The number of nitro benzene ring substituents is 1. The molecule has 0 saturated heterocycles. The summed E-state index contributed by atoms with van der Waals surface area (Å²) in [7, 11) is 0. The molecule has 0 amide bonds. The van der Waals surface area contributed by atoms with Crippen LogP contribution in [-0.4, -0.2) is 22.0 Å². The maximum absolute atomic E-state index is 11.4. The van der Waals surface area contributed by atoms with Crippen molar-refractivity contribution in [3.63, 3.8) is 0 Å². The minimum atomic E-state index is -1.13. The fraction of sp³-hybridized carbons (Fsp3) is 0.133. The first kappa shape index (κ1) is 17.1. The van der Waals surface area contributed by atoms with E-state index in [0.717, 1.165) is 11.6 Å². The van der Waals surface area contributed by atoms with Gasteiger partial charge in [-0.1, -0.05) is 53.5 Å². The number of carboxylic acids is 1. The summed E-state index contributed by atoms with van der Waals surface area (Å²) in [6, 6.07) is 10.2. The van der Waals surface area contributed by atoms with Gasteiger partial charge in [0.15, 0.2) is 0 Å². The Hall–Kier alpha value is -2.31. The zero-order valence-corrected chi connectivity index (χ0v) is 13.2. The van der Waals surface area contributed by atoms with Gasteiger partial charge < -0.3 is 10.4 Å². The number of nitrogens with one attached hydrogen (secondary N) is 1. The van der Waals surface area contributed by atoms with E-state index in [1.54, 1.807) is 24.3 Å². The Morgan fingerprint density at radius 2 is 1.83 bits per heavy atom. The number of hydrogen-bond donors (Lipinski definition) is 2. The molecular weight excluding hydrogens is 343 g/mol. The van der Waals surface area contributed by atoms with Gasteiger partial charge in [-0.25, -0.2) is 4.79 Å². The van der Waals surface area contributed by atoms with Crippen LogP contribution in [0.4, 0.5) is 11.4 Å². The van der Waals surface area contributed by atoms with Gasteiger partial charge in [-0.2, -0.15) is 0 Å². The van der Waals surface area contributed by atoms with E-state index in [0.29, 0.717) is 0 Å². The Morgan fingerprint density at radius 1 is 1.22 bits per heavy atom. The first-order valence-corrected chi connectivity index (χ1v) is 7.30. The highest BCUT2D eigenvalue weighted by atomic mass is 35.5. The summed E-state index contributed by atoms with van der Waals surface area (Å²) < 4.78 is 0. The Bertz CT molecular complexity index is 738. The van der Waals surface area contributed by atoms with Gasteiger partial charge in [-0.3, -0.25) is 10.1 Å². The number of nitrogens with zero attached hydrogens (tertiary/aromatic N) is 1. The minimum absolute atomic E-state index is 0.00716. The van der Waals surface area contributed by atoms with E-state index >= 15 is 0 Å². The molecule has 0 aromatic heterocycles. The molecule has 0 radical (unpaired) electrons. The number of anilines is 1. The molecule has 23 heavy (non-hydrogen) atoms. The molecule has 0 bridgehead atoms. The predicted octanol–water partition coefficient (Wildman–Crippen LogP) is 4.01. The lowest BCUT2D eigenvalue weighted by Gasteiger charge is -2.16. The SMILES string of the molecule is O=C(O)C(Cc1ccccc1)Nc1cc(Cl)c(Cl)cc1[N+](=O)[O-]. The third kappa shape index (κ3) is 4.34. The third-order valence-electron chi connectivity index (χ3n) is 3.15. The lowest BCUT2D eigenvalue weighted by atomic mass is 10.1. The van der Waals surface area contributed by atoms with E-state index in [1.807, 2.05) is 6.07 Å². The van der Waals surface area contributed by atoms with E-state index in [4.69, 9.17) is 23.2 Å². The van der Waals surface area contributed by atoms with E-state index < -0.39 is 16.9 Å². The number of nitro groups is 1. The van der Waals surface area contributed by atoms with Crippen molar-refractivity contribution in [3.05, 3.63) is 68.2 Å². The second-order valence-electron chi connectivity index (χ2n) is 4.77. The van der Waals surface area contributed by atoms with Crippen molar-refractivity contribution >= 4 is 40.5 Å². The van der Waals surface area contributed by atoms with Crippen LogP contribution < -0.4 is 5.32 Å². The van der Waals surface area contributed by atoms with Crippen molar-refractivity contribution in [1.82, 2.24) is 0 Å². The topological polar surface area (TPSA) is 92.5 Å². The van der Waals surface area contributed by atoms with E-state index in [2.05, 4.69) is 5.32 Å². The standard InChI is InChI=1S/C15H12Cl2N2O4/c16-10-7-12(14(19(22)23)8-11(10)17)18-13(15(20)21)6-9-4-2-1-3-5-9/h1-5,7-8,13,18H,6H2,(H,20,21). The summed E-state index contributed by atoms with van der Waals surface area (Å²) in [6.45, 7) is 0. The van der Waals surface area contributed by atoms with Crippen LogP contribution >= 0.6 is 23.2 Å². The normalized spacial score (nSPS) is 11.7. The summed E-state index contributed by atoms with van der Waals surface area (Å²) in [6.07, 6.45) is 0.160. The van der Waals surface area contributed by atoms with Crippen molar-refractivity contribution < 1.29 is 14.8 Å². The highest BCUT2D eigenvalue weighted by Gasteiger charge is 2.23. The molecule has 0 aliphatic carbocycles. The fourth-order valence-corrected chi connectivity index (χ4v) is 2.36. The maximum Gasteiger partial charge on any atom is 0.326 e. The van der Waals surface area contributed by atoms with Crippen molar-refractivity contribution in [2.75, 3.05) is 5.32 Å². The van der Waals surface area contributed by atoms with Crippen LogP contribution in [0.1, 0.15) is 5.56 Å². The lowest BCUT2D eigenvalue weighted by Crippen LogP contribution is -2.31. The molecule has 2 rings (SSSR count). The Balaban J connectivity index is 2.32. The monoisotopic (exact) mass is 354 g/mol. The first-order chi connectivity index (χ1) is 10.9. The summed E-state index contributed by atoms with van der Waals surface area (Å²) >= 11 is 11.6. The molecule has 2 aromatic carbocycles. The smallest absolute Gasteiger partial charge is 0.326 e. The van der Waals surface area contributed by atoms with Gasteiger partial charge >= 0.3 is 5.97 Å². The van der Waals surface area contributed by atoms with Crippen LogP contribution in [0.2, 0.25) is 10.0 Å². The molecule has 0 fully saturated rings. The Kier molecular flexibility index (Phi) is 5.41. The molecule has 0 saturated carbocycles. The Morgan fingerprint density at radius 3 is 2.39 bits per heavy atom. The summed E-state index contributed by atoms with van der Waals surface area (Å²) in [5.41, 5.74) is 0.460. The van der Waals surface area contributed by atoms with Crippen molar-refractivity contribution in [2.24, 2.45) is 0 Å². The summed E-state index contributed by atoms with van der Waals surface area (Å²) in [5.74, 6) is -1.13. The van der Waals surface area contributed by atoms with Crippen LogP contribution in [0.15, 0.2) is 42.5 Å². The first-order valence-electron chi connectivity index (χ1n) is 6.55. The largest absolute Gasteiger partial charge is 0.480 e. The molecule has 0 spiro atoms. The van der Waals surface area contributed by atoms with Gasteiger partial charge in [0.1, 0.15) is 11.7 Å². The molecule has 1 unspecified atom stereocenters. The molecule has 8 heteroatoms. The van der Waals surface area contributed by atoms with Crippen LogP contribution in [0.5, 0.6) is 0 Å². The van der Waals surface area contributed by atoms with Gasteiger partial charge in [-0.15, -0.1) is 0 Å². The van der Waals surface area contributed by atoms with Crippen LogP contribution in [-0.2, 0) is 11.2 Å². The molecule has 0 heterocycles. The number of halogens is 2. The number of benzene rings is 2. The predicted molar refractivity (Wildman–Crippen MR) is 88.3 cm³/mol.